The maximum Gasteiger partial charge on any atom is 0.420 e. The van der Waals surface area contributed by atoms with Gasteiger partial charge in [-0.15, -0.1) is 0 Å². The van der Waals surface area contributed by atoms with Crippen LogP contribution < -0.4 is 0 Å². The zero-order valence-electron chi connectivity index (χ0n) is 15.3. The summed E-state index contributed by atoms with van der Waals surface area (Å²) >= 11 is 6.35. The Balaban J connectivity index is 1.62. The molecule has 0 saturated carbocycles. The zero-order chi connectivity index (χ0) is 21.0. The minimum Gasteiger partial charge on any atom is -0.464 e. The van der Waals surface area contributed by atoms with E-state index in [2.05, 4.69) is 4.98 Å². The average Bonchev–Trinajstić information content (AvgIpc) is 3.45. The van der Waals surface area contributed by atoms with Crippen LogP contribution in [0.1, 0.15) is 27.2 Å². The SMILES string of the molecule is O=C(c1nc2c(C(F)(F)F)cc(-c3ccco3)cn2c1Cl)N1Cc2ccccc2C1. The summed E-state index contributed by atoms with van der Waals surface area (Å²) in [6, 6.07) is 11.6. The van der Waals surface area contributed by atoms with Gasteiger partial charge in [0.1, 0.15) is 10.9 Å². The number of amides is 1. The molecule has 0 unspecified atom stereocenters. The second kappa shape index (κ2) is 6.63. The van der Waals surface area contributed by atoms with Crippen molar-refractivity contribution in [3.8, 4) is 11.3 Å². The topological polar surface area (TPSA) is 50.8 Å². The maximum absolute atomic E-state index is 13.7. The lowest BCUT2D eigenvalue weighted by Crippen LogP contribution is -2.26. The van der Waals surface area contributed by atoms with Crippen LogP contribution in [0.15, 0.2) is 59.3 Å². The molecule has 152 valence electrons. The Labute approximate surface area is 173 Å². The highest BCUT2D eigenvalue weighted by molar-refractivity contribution is 6.33. The highest BCUT2D eigenvalue weighted by Gasteiger charge is 2.37. The number of aromatic nitrogens is 2. The van der Waals surface area contributed by atoms with Crippen LogP contribution in [0.4, 0.5) is 13.2 Å². The number of carbonyl (C=O) groups excluding carboxylic acids is 1. The molecule has 0 bridgehead atoms. The molecule has 5 rings (SSSR count). The second-order valence-corrected chi connectivity index (χ2v) is 7.35. The average molecular weight is 432 g/mol. The number of alkyl halides is 3. The molecule has 0 N–H and O–H groups in total. The van der Waals surface area contributed by atoms with Crippen molar-refractivity contribution in [1.29, 1.82) is 0 Å². The summed E-state index contributed by atoms with van der Waals surface area (Å²) in [6.07, 6.45) is -1.95. The van der Waals surface area contributed by atoms with Gasteiger partial charge < -0.3 is 9.32 Å². The number of fused-ring (bicyclic) bond motifs is 2. The minimum atomic E-state index is -4.69. The van der Waals surface area contributed by atoms with Crippen LogP contribution in [0.2, 0.25) is 5.15 Å². The van der Waals surface area contributed by atoms with Gasteiger partial charge in [-0.25, -0.2) is 4.98 Å². The molecule has 0 radical (unpaired) electrons. The first-order chi connectivity index (χ1) is 14.3. The Morgan fingerprint density at radius 1 is 1.10 bits per heavy atom. The molecule has 4 heterocycles. The quantitative estimate of drug-likeness (QED) is 0.425. The normalized spacial score (nSPS) is 13.8. The van der Waals surface area contributed by atoms with Crippen LogP contribution in [-0.4, -0.2) is 20.2 Å². The first-order valence-corrected chi connectivity index (χ1v) is 9.39. The van der Waals surface area contributed by atoms with Crippen LogP contribution in [0.3, 0.4) is 0 Å². The Bertz CT molecular complexity index is 1250. The number of nitrogens with zero attached hydrogens (tertiary/aromatic N) is 3. The van der Waals surface area contributed by atoms with Gasteiger partial charge in [0.15, 0.2) is 11.3 Å². The van der Waals surface area contributed by atoms with E-state index in [0.29, 0.717) is 13.1 Å². The Morgan fingerprint density at radius 3 is 2.40 bits per heavy atom. The van der Waals surface area contributed by atoms with E-state index in [9.17, 15) is 18.0 Å². The number of hydrogen-bond donors (Lipinski definition) is 0. The second-order valence-electron chi connectivity index (χ2n) is 6.99. The number of imidazole rings is 1. The predicted octanol–water partition coefficient (Wildman–Crippen LogP) is 5.42. The molecule has 1 amide bonds. The first kappa shape index (κ1) is 18.7. The number of pyridine rings is 1. The molecular weight excluding hydrogens is 419 g/mol. The molecule has 1 aromatic carbocycles. The monoisotopic (exact) mass is 431 g/mol. The van der Waals surface area contributed by atoms with E-state index in [1.54, 1.807) is 12.1 Å². The molecule has 0 aliphatic carbocycles. The Hall–Kier alpha value is -3.26. The van der Waals surface area contributed by atoms with Crippen molar-refractivity contribution in [2.24, 2.45) is 0 Å². The third kappa shape index (κ3) is 2.95. The van der Waals surface area contributed by atoms with Crippen molar-refractivity contribution in [3.05, 3.63) is 82.5 Å². The summed E-state index contributed by atoms with van der Waals surface area (Å²) in [5.41, 5.74) is 0.506. The molecule has 1 aliphatic rings. The Morgan fingerprint density at radius 2 is 1.80 bits per heavy atom. The van der Waals surface area contributed by atoms with E-state index in [-0.39, 0.29) is 22.2 Å². The molecule has 9 heteroatoms. The van der Waals surface area contributed by atoms with Gasteiger partial charge in [-0.3, -0.25) is 9.20 Å². The summed E-state index contributed by atoms with van der Waals surface area (Å²) in [5, 5.41) is -0.176. The lowest BCUT2D eigenvalue weighted by Gasteiger charge is -2.13. The molecule has 5 nitrogen and oxygen atoms in total. The molecule has 4 aromatic rings. The number of carbonyl (C=O) groups is 1. The van der Waals surface area contributed by atoms with Gasteiger partial charge in [-0.2, -0.15) is 13.2 Å². The van der Waals surface area contributed by atoms with E-state index in [1.807, 2.05) is 24.3 Å². The number of rotatable bonds is 2. The Kier molecular flexibility index (Phi) is 4.14. The fourth-order valence-electron chi connectivity index (χ4n) is 3.67. The highest BCUT2D eigenvalue weighted by atomic mass is 35.5. The molecule has 0 atom stereocenters. The standard InChI is InChI=1S/C21H13ClF3N3O2/c22-18-17(20(29)27-9-12-4-1-2-5-13(12)10-27)26-19-15(21(23,24)25)8-14(11-28(18)19)16-6-3-7-30-16/h1-8,11H,9-10H2. The van der Waals surface area contributed by atoms with Crippen LogP contribution in [0, 0.1) is 0 Å². The van der Waals surface area contributed by atoms with Gasteiger partial charge in [0, 0.05) is 24.8 Å². The lowest BCUT2D eigenvalue weighted by molar-refractivity contribution is -0.136. The van der Waals surface area contributed by atoms with E-state index >= 15 is 0 Å². The summed E-state index contributed by atoms with van der Waals surface area (Å²) < 4.78 is 47.5. The van der Waals surface area contributed by atoms with Crippen molar-refractivity contribution >= 4 is 23.2 Å². The van der Waals surface area contributed by atoms with E-state index < -0.39 is 23.3 Å². The van der Waals surface area contributed by atoms with Gasteiger partial charge in [-0.05, 0) is 29.3 Å². The number of furan rings is 1. The molecular formula is C21H13ClF3N3O2. The van der Waals surface area contributed by atoms with Gasteiger partial charge >= 0.3 is 6.18 Å². The lowest BCUT2D eigenvalue weighted by atomic mass is 10.1. The van der Waals surface area contributed by atoms with Gasteiger partial charge in [0.2, 0.25) is 0 Å². The smallest absolute Gasteiger partial charge is 0.420 e. The largest absolute Gasteiger partial charge is 0.464 e. The van der Waals surface area contributed by atoms with Crippen molar-refractivity contribution in [1.82, 2.24) is 14.3 Å². The summed E-state index contributed by atoms with van der Waals surface area (Å²) in [5.74, 6) is -0.275. The molecule has 1 aliphatic heterocycles. The summed E-state index contributed by atoms with van der Waals surface area (Å²) in [4.78, 5) is 18.6. The van der Waals surface area contributed by atoms with Crippen molar-refractivity contribution in [2.75, 3.05) is 0 Å². The molecule has 0 fully saturated rings. The summed E-state index contributed by atoms with van der Waals surface area (Å²) in [6.45, 7) is 0.700. The first-order valence-electron chi connectivity index (χ1n) is 9.01. The summed E-state index contributed by atoms with van der Waals surface area (Å²) in [7, 11) is 0. The third-order valence-electron chi connectivity index (χ3n) is 5.10. The minimum absolute atomic E-state index is 0.173. The molecule has 3 aromatic heterocycles. The van der Waals surface area contributed by atoms with Crippen molar-refractivity contribution in [2.45, 2.75) is 19.3 Å². The van der Waals surface area contributed by atoms with Crippen LogP contribution in [0.25, 0.3) is 17.0 Å². The predicted molar refractivity (Wildman–Crippen MR) is 103 cm³/mol. The van der Waals surface area contributed by atoms with Crippen molar-refractivity contribution < 1.29 is 22.4 Å². The van der Waals surface area contributed by atoms with Gasteiger partial charge in [0.25, 0.3) is 5.91 Å². The third-order valence-corrected chi connectivity index (χ3v) is 5.46. The molecule has 30 heavy (non-hydrogen) atoms. The zero-order valence-corrected chi connectivity index (χ0v) is 16.0. The van der Waals surface area contributed by atoms with Crippen LogP contribution in [-0.2, 0) is 19.3 Å². The number of halogens is 4. The van der Waals surface area contributed by atoms with E-state index in [1.165, 1.54) is 17.4 Å². The highest BCUT2D eigenvalue weighted by Crippen LogP contribution is 2.37. The van der Waals surface area contributed by atoms with Gasteiger partial charge in [-0.1, -0.05) is 35.9 Å². The molecule has 0 saturated heterocycles. The number of benzene rings is 1. The van der Waals surface area contributed by atoms with Crippen LogP contribution in [0.5, 0.6) is 0 Å². The van der Waals surface area contributed by atoms with Gasteiger partial charge in [0.05, 0.1) is 11.8 Å². The van der Waals surface area contributed by atoms with E-state index in [0.717, 1.165) is 21.6 Å². The van der Waals surface area contributed by atoms with Crippen molar-refractivity contribution in [3.63, 3.8) is 0 Å². The number of hydrogen-bond acceptors (Lipinski definition) is 3. The van der Waals surface area contributed by atoms with Crippen LogP contribution >= 0.6 is 11.6 Å². The molecule has 0 spiro atoms. The fraction of sp³-hybridized carbons (Fsp3) is 0.143. The fourth-order valence-corrected chi connectivity index (χ4v) is 3.92. The van der Waals surface area contributed by atoms with E-state index in [4.69, 9.17) is 16.0 Å². The maximum atomic E-state index is 13.7.